The van der Waals surface area contributed by atoms with Crippen LogP contribution in [0, 0.1) is 0 Å². The van der Waals surface area contributed by atoms with Crippen molar-refractivity contribution < 1.29 is 13.2 Å². The molecule has 0 aromatic heterocycles. The smallest absolute Gasteiger partial charge is 0.264 e. The second-order valence-corrected chi connectivity index (χ2v) is 8.61. The number of rotatable bonds is 7. The summed E-state index contributed by atoms with van der Waals surface area (Å²) in [5.41, 5.74) is 1.04. The third-order valence-electron chi connectivity index (χ3n) is 4.81. The van der Waals surface area contributed by atoms with Gasteiger partial charge in [0.15, 0.2) is 0 Å². The van der Waals surface area contributed by atoms with Crippen LogP contribution in [0.1, 0.15) is 23.2 Å². The van der Waals surface area contributed by atoms with Gasteiger partial charge in [0.25, 0.3) is 15.9 Å². The van der Waals surface area contributed by atoms with Crippen LogP contribution in [0.4, 0.5) is 5.69 Å². The van der Waals surface area contributed by atoms with Crippen molar-refractivity contribution in [2.75, 3.05) is 37.5 Å². The van der Waals surface area contributed by atoms with Crippen molar-refractivity contribution in [3.05, 3.63) is 60.2 Å². The lowest BCUT2D eigenvalue weighted by Gasteiger charge is -2.19. The van der Waals surface area contributed by atoms with Gasteiger partial charge in [0.2, 0.25) is 0 Å². The number of amides is 1. The van der Waals surface area contributed by atoms with E-state index < -0.39 is 10.0 Å². The minimum absolute atomic E-state index is 0.155. The molecule has 1 N–H and O–H groups in total. The molecule has 144 valence electrons. The van der Waals surface area contributed by atoms with Gasteiger partial charge in [-0.3, -0.25) is 9.10 Å². The SMILES string of the molecule is CN(c1ccccc1)S(=O)(=O)c1ccc(C(=O)NCCN2CCCC2)cc1. The summed E-state index contributed by atoms with van der Waals surface area (Å²) in [5, 5.41) is 2.89. The van der Waals surface area contributed by atoms with E-state index in [4.69, 9.17) is 0 Å². The van der Waals surface area contributed by atoms with Gasteiger partial charge in [-0.2, -0.15) is 0 Å². The summed E-state index contributed by atoms with van der Waals surface area (Å²) in [7, 11) is -2.15. The zero-order valence-electron chi connectivity index (χ0n) is 15.5. The van der Waals surface area contributed by atoms with Gasteiger partial charge in [-0.15, -0.1) is 0 Å². The fraction of sp³-hybridized carbons (Fsp3) is 0.350. The van der Waals surface area contributed by atoms with Crippen molar-refractivity contribution in [1.82, 2.24) is 10.2 Å². The molecule has 1 aliphatic heterocycles. The molecule has 0 bridgehead atoms. The quantitative estimate of drug-likeness (QED) is 0.792. The number of nitrogens with zero attached hydrogens (tertiary/aromatic N) is 2. The second-order valence-electron chi connectivity index (χ2n) is 6.64. The molecule has 0 spiro atoms. The number of sulfonamides is 1. The summed E-state index contributed by atoms with van der Waals surface area (Å²) < 4.78 is 26.7. The highest BCUT2D eigenvalue weighted by atomic mass is 32.2. The number of nitrogens with one attached hydrogen (secondary N) is 1. The van der Waals surface area contributed by atoms with Crippen LogP contribution in [0.3, 0.4) is 0 Å². The zero-order chi connectivity index (χ0) is 19.3. The number of hydrogen-bond donors (Lipinski definition) is 1. The van der Waals surface area contributed by atoms with E-state index in [0.29, 0.717) is 17.8 Å². The van der Waals surface area contributed by atoms with Crippen molar-refractivity contribution in [2.45, 2.75) is 17.7 Å². The van der Waals surface area contributed by atoms with E-state index in [1.165, 1.54) is 36.3 Å². The first-order valence-corrected chi connectivity index (χ1v) is 10.6. The van der Waals surface area contributed by atoms with Gasteiger partial charge >= 0.3 is 0 Å². The van der Waals surface area contributed by atoms with Crippen molar-refractivity contribution in [3.8, 4) is 0 Å². The molecule has 7 heteroatoms. The van der Waals surface area contributed by atoms with Crippen LogP contribution in [0.5, 0.6) is 0 Å². The maximum atomic E-state index is 12.8. The third kappa shape index (κ3) is 4.67. The Balaban J connectivity index is 1.62. The van der Waals surface area contributed by atoms with Crippen LogP contribution in [0.2, 0.25) is 0 Å². The highest BCUT2D eigenvalue weighted by Gasteiger charge is 2.21. The maximum absolute atomic E-state index is 12.8. The van der Waals surface area contributed by atoms with Crippen LogP contribution in [0.25, 0.3) is 0 Å². The zero-order valence-corrected chi connectivity index (χ0v) is 16.3. The fourth-order valence-corrected chi connectivity index (χ4v) is 4.34. The van der Waals surface area contributed by atoms with Crippen LogP contribution >= 0.6 is 0 Å². The van der Waals surface area contributed by atoms with E-state index in [1.807, 2.05) is 6.07 Å². The van der Waals surface area contributed by atoms with E-state index in [9.17, 15) is 13.2 Å². The Morgan fingerprint density at radius 1 is 1.04 bits per heavy atom. The van der Waals surface area contributed by atoms with Crippen LogP contribution < -0.4 is 9.62 Å². The van der Waals surface area contributed by atoms with Crippen LogP contribution in [0.15, 0.2) is 59.5 Å². The van der Waals surface area contributed by atoms with Crippen molar-refractivity contribution in [3.63, 3.8) is 0 Å². The van der Waals surface area contributed by atoms with E-state index in [-0.39, 0.29) is 10.8 Å². The number of anilines is 1. The van der Waals surface area contributed by atoms with Gasteiger partial charge in [-0.25, -0.2) is 8.42 Å². The number of hydrogen-bond acceptors (Lipinski definition) is 4. The normalized spacial score (nSPS) is 14.9. The van der Waals surface area contributed by atoms with E-state index >= 15 is 0 Å². The van der Waals surface area contributed by atoms with Crippen molar-refractivity contribution >= 4 is 21.6 Å². The number of para-hydroxylation sites is 1. The minimum atomic E-state index is -3.67. The Kier molecular flexibility index (Phi) is 6.13. The monoisotopic (exact) mass is 387 g/mol. The van der Waals surface area contributed by atoms with E-state index in [2.05, 4.69) is 10.2 Å². The highest BCUT2D eigenvalue weighted by Crippen LogP contribution is 2.21. The summed E-state index contributed by atoms with van der Waals surface area (Å²) in [6.07, 6.45) is 2.45. The van der Waals surface area contributed by atoms with E-state index in [1.54, 1.807) is 36.4 Å². The summed E-state index contributed by atoms with van der Waals surface area (Å²) in [6.45, 7) is 3.63. The van der Waals surface area contributed by atoms with Gasteiger partial charge in [0.1, 0.15) is 0 Å². The number of benzene rings is 2. The molecule has 0 atom stereocenters. The molecule has 1 aliphatic rings. The molecule has 0 radical (unpaired) electrons. The van der Waals surface area contributed by atoms with Crippen LogP contribution in [-0.2, 0) is 10.0 Å². The van der Waals surface area contributed by atoms with Gasteiger partial charge in [-0.1, -0.05) is 18.2 Å². The molecule has 27 heavy (non-hydrogen) atoms. The molecule has 0 saturated carbocycles. The Morgan fingerprint density at radius 2 is 1.67 bits per heavy atom. The summed E-state index contributed by atoms with van der Waals surface area (Å²) >= 11 is 0. The summed E-state index contributed by atoms with van der Waals surface area (Å²) in [6, 6.07) is 14.9. The average Bonchev–Trinajstić information content (AvgIpc) is 3.21. The molecular weight excluding hydrogens is 362 g/mol. The highest BCUT2D eigenvalue weighted by molar-refractivity contribution is 7.92. The van der Waals surface area contributed by atoms with Crippen molar-refractivity contribution in [1.29, 1.82) is 0 Å². The third-order valence-corrected chi connectivity index (χ3v) is 6.61. The molecular formula is C20H25N3O3S. The predicted molar refractivity (Wildman–Crippen MR) is 106 cm³/mol. The molecule has 2 aromatic rings. The lowest BCUT2D eigenvalue weighted by atomic mass is 10.2. The number of likely N-dealkylation sites (tertiary alicyclic amines) is 1. The van der Waals surface area contributed by atoms with Crippen molar-refractivity contribution in [2.24, 2.45) is 0 Å². The Morgan fingerprint density at radius 3 is 2.30 bits per heavy atom. The average molecular weight is 388 g/mol. The molecule has 1 fully saturated rings. The Bertz CT molecular complexity index is 861. The molecule has 1 heterocycles. The standard InChI is InChI=1S/C20H25N3O3S/c1-22(18-7-3-2-4-8-18)27(25,26)19-11-9-17(10-12-19)20(24)21-13-16-23-14-5-6-15-23/h2-4,7-12H,5-6,13-16H2,1H3,(H,21,24). The molecule has 0 unspecified atom stereocenters. The van der Waals surface area contributed by atoms with Gasteiger partial charge in [0.05, 0.1) is 10.6 Å². The molecule has 3 rings (SSSR count). The fourth-order valence-electron chi connectivity index (χ4n) is 3.15. The number of carbonyl (C=O) groups is 1. The topological polar surface area (TPSA) is 69.7 Å². The lowest BCUT2D eigenvalue weighted by molar-refractivity contribution is 0.0949. The molecule has 0 aliphatic carbocycles. The Labute approximate surface area is 160 Å². The van der Waals surface area contributed by atoms with Gasteiger partial charge in [-0.05, 0) is 62.3 Å². The first-order valence-electron chi connectivity index (χ1n) is 9.13. The van der Waals surface area contributed by atoms with Crippen LogP contribution in [-0.4, -0.2) is 52.5 Å². The first kappa shape index (κ1) is 19.4. The van der Waals surface area contributed by atoms with Gasteiger partial charge < -0.3 is 10.2 Å². The second kappa shape index (κ2) is 8.54. The summed E-state index contributed by atoms with van der Waals surface area (Å²) in [5.74, 6) is -0.186. The molecule has 6 nitrogen and oxygen atoms in total. The molecule has 1 saturated heterocycles. The first-order chi connectivity index (χ1) is 13.0. The van der Waals surface area contributed by atoms with Gasteiger partial charge in [0, 0.05) is 25.7 Å². The lowest BCUT2D eigenvalue weighted by Crippen LogP contribution is -2.33. The maximum Gasteiger partial charge on any atom is 0.264 e. The van der Waals surface area contributed by atoms with E-state index in [0.717, 1.165) is 19.6 Å². The molecule has 2 aromatic carbocycles. The molecule has 1 amide bonds. The summed E-state index contributed by atoms with van der Waals surface area (Å²) in [4.78, 5) is 14.7. The largest absolute Gasteiger partial charge is 0.351 e. The Hall–Kier alpha value is -2.38. The minimum Gasteiger partial charge on any atom is -0.351 e. The predicted octanol–water partition coefficient (Wildman–Crippen LogP) is 2.34. The number of carbonyl (C=O) groups excluding carboxylic acids is 1.